The largest absolute Gasteiger partial charge is 0.356 e. The van der Waals surface area contributed by atoms with Crippen molar-refractivity contribution in [3.05, 3.63) is 0 Å². The Bertz CT molecular complexity index is 297. The van der Waals surface area contributed by atoms with Gasteiger partial charge in [0.05, 0.1) is 5.75 Å². The molecule has 0 aliphatic carbocycles. The molecule has 1 rings (SSSR count). The van der Waals surface area contributed by atoms with Gasteiger partial charge in [-0.1, -0.05) is 6.92 Å². The number of rotatable bonds is 4. The summed E-state index contributed by atoms with van der Waals surface area (Å²) in [5, 5.41) is 2.70. The minimum absolute atomic E-state index is 0.0204. The molecule has 4 nitrogen and oxygen atoms in total. The van der Waals surface area contributed by atoms with E-state index < -0.39 is 9.84 Å². The number of sulfone groups is 1. The van der Waals surface area contributed by atoms with Crippen molar-refractivity contribution in [2.45, 2.75) is 26.2 Å². The molecular formula is C9H17NO3S. The molecule has 1 aliphatic rings. The Kier molecular flexibility index (Phi) is 3.92. The summed E-state index contributed by atoms with van der Waals surface area (Å²) in [5.74, 6) is 0.424. The summed E-state index contributed by atoms with van der Waals surface area (Å²) in [6.07, 6.45) is 1.80. The SMILES string of the molecule is CCCS(=O)(=O)CC1CCNC(=O)C1. The highest BCUT2D eigenvalue weighted by Gasteiger charge is 2.24. The molecule has 0 bridgehead atoms. The Morgan fingerprint density at radius 2 is 2.21 bits per heavy atom. The number of hydrogen-bond donors (Lipinski definition) is 1. The van der Waals surface area contributed by atoms with Crippen LogP contribution in [-0.4, -0.2) is 32.4 Å². The molecular weight excluding hydrogens is 202 g/mol. The topological polar surface area (TPSA) is 63.2 Å². The lowest BCUT2D eigenvalue weighted by Crippen LogP contribution is -2.36. The van der Waals surface area contributed by atoms with E-state index in [1.165, 1.54) is 0 Å². The first kappa shape index (κ1) is 11.5. The van der Waals surface area contributed by atoms with E-state index in [-0.39, 0.29) is 23.3 Å². The molecule has 1 atom stereocenters. The van der Waals surface area contributed by atoms with Crippen molar-refractivity contribution in [3.63, 3.8) is 0 Å². The molecule has 0 spiro atoms. The number of carbonyl (C=O) groups excluding carboxylic acids is 1. The van der Waals surface area contributed by atoms with Crippen LogP contribution in [-0.2, 0) is 14.6 Å². The molecule has 1 N–H and O–H groups in total. The second kappa shape index (κ2) is 4.77. The summed E-state index contributed by atoms with van der Waals surface area (Å²) in [7, 11) is -2.93. The second-order valence-corrected chi connectivity index (χ2v) is 6.05. The molecule has 1 aliphatic heterocycles. The van der Waals surface area contributed by atoms with Crippen LogP contribution in [0.15, 0.2) is 0 Å². The van der Waals surface area contributed by atoms with E-state index >= 15 is 0 Å². The highest BCUT2D eigenvalue weighted by molar-refractivity contribution is 7.91. The molecule has 0 aromatic heterocycles. The van der Waals surface area contributed by atoms with Gasteiger partial charge in [-0.15, -0.1) is 0 Å². The van der Waals surface area contributed by atoms with E-state index in [9.17, 15) is 13.2 Å². The molecule has 82 valence electrons. The normalized spacial score (nSPS) is 23.2. The lowest BCUT2D eigenvalue weighted by Gasteiger charge is -2.21. The number of carbonyl (C=O) groups is 1. The Hall–Kier alpha value is -0.580. The third-order valence-electron chi connectivity index (χ3n) is 2.35. The summed E-state index contributed by atoms with van der Waals surface area (Å²) in [4.78, 5) is 11.0. The first-order chi connectivity index (χ1) is 6.53. The van der Waals surface area contributed by atoms with Gasteiger partial charge in [0.1, 0.15) is 0 Å². The van der Waals surface area contributed by atoms with E-state index in [0.29, 0.717) is 19.4 Å². The Morgan fingerprint density at radius 3 is 2.79 bits per heavy atom. The number of piperidine rings is 1. The van der Waals surface area contributed by atoms with Crippen LogP contribution in [0.2, 0.25) is 0 Å². The minimum atomic E-state index is -2.93. The molecule has 0 aromatic carbocycles. The van der Waals surface area contributed by atoms with Crippen LogP contribution in [0.4, 0.5) is 0 Å². The summed E-state index contributed by atoms with van der Waals surface area (Å²) >= 11 is 0. The van der Waals surface area contributed by atoms with Gasteiger partial charge in [0, 0.05) is 18.7 Å². The fraction of sp³-hybridized carbons (Fsp3) is 0.889. The Morgan fingerprint density at radius 1 is 1.50 bits per heavy atom. The zero-order valence-corrected chi connectivity index (χ0v) is 9.27. The van der Waals surface area contributed by atoms with Gasteiger partial charge < -0.3 is 5.32 Å². The summed E-state index contributed by atoms with van der Waals surface area (Å²) in [6, 6.07) is 0. The third kappa shape index (κ3) is 3.65. The molecule has 0 aromatic rings. The van der Waals surface area contributed by atoms with E-state index in [1.54, 1.807) is 0 Å². The van der Waals surface area contributed by atoms with Crippen LogP contribution >= 0.6 is 0 Å². The van der Waals surface area contributed by atoms with Gasteiger partial charge in [-0.2, -0.15) is 0 Å². The monoisotopic (exact) mass is 219 g/mol. The van der Waals surface area contributed by atoms with Gasteiger partial charge in [-0.3, -0.25) is 4.79 Å². The van der Waals surface area contributed by atoms with Crippen LogP contribution in [0.1, 0.15) is 26.2 Å². The first-order valence-electron chi connectivity index (χ1n) is 5.00. The standard InChI is InChI=1S/C9H17NO3S/c1-2-5-14(12,13)7-8-3-4-10-9(11)6-8/h8H,2-7H2,1H3,(H,10,11). The molecule has 1 heterocycles. The molecule has 1 saturated heterocycles. The lowest BCUT2D eigenvalue weighted by atomic mass is 10.0. The quantitative estimate of drug-likeness (QED) is 0.741. The maximum absolute atomic E-state index is 11.5. The van der Waals surface area contributed by atoms with Crippen LogP contribution in [0.25, 0.3) is 0 Å². The van der Waals surface area contributed by atoms with Gasteiger partial charge in [0.25, 0.3) is 0 Å². The third-order valence-corrected chi connectivity index (χ3v) is 4.36. The Balaban J connectivity index is 2.47. The maximum Gasteiger partial charge on any atom is 0.220 e. The van der Waals surface area contributed by atoms with Crippen LogP contribution in [0, 0.1) is 5.92 Å². The number of nitrogens with one attached hydrogen (secondary N) is 1. The van der Waals surface area contributed by atoms with Crippen LogP contribution < -0.4 is 5.32 Å². The van der Waals surface area contributed by atoms with Crippen LogP contribution in [0.5, 0.6) is 0 Å². The van der Waals surface area contributed by atoms with Crippen molar-refractivity contribution >= 4 is 15.7 Å². The predicted molar refractivity (Wildman–Crippen MR) is 54.7 cm³/mol. The van der Waals surface area contributed by atoms with E-state index in [4.69, 9.17) is 0 Å². The molecule has 5 heteroatoms. The molecule has 0 radical (unpaired) electrons. The lowest BCUT2D eigenvalue weighted by molar-refractivity contribution is -0.123. The fourth-order valence-electron chi connectivity index (χ4n) is 1.75. The average molecular weight is 219 g/mol. The van der Waals surface area contributed by atoms with Crippen LogP contribution in [0.3, 0.4) is 0 Å². The summed E-state index contributed by atoms with van der Waals surface area (Å²) in [6.45, 7) is 2.47. The summed E-state index contributed by atoms with van der Waals surface area (Å²) in [5.41, 5.74) is 0. The van der Waals surface area contributed by atoms with E-state index in [1.807, 2.05) is 6.92 Å². The molecule has 1 amide bonds. The van der Waals surface area contributed by atoms with Gasteiger partial charge in [0.15, 0.2) is 9.84 Å². The first-order valence-corrected chi connectivity index (χ1v) is 6.83. The van der Waals surface area contributed by atoms with Crippen molar-refractivity contribution in [1.82, 2.24) is 5.32 Å². The number of amides is 1. The van der Waals surface area contributed by atoms with Crippen molar-refractivity contribution in [2.75, 3.05) is 18.1 Å². The smallest absolute Gasteiger partial charge is 0.220 e. The molecule has 1 unspecified atom stereocenters. The molecule has 1 fully saturated rings. The van der Waals surface area contributed by atoms with Gasteiger partial charge in [-0.25, -0.2) is 8.42 Å². The zero-order valence-electron chi connectivity index (χ0n) is 8.45. The Labute approximate surface area is 85.0 Å². The van der Waals surface area contributed by atoms with Gasteiger partial charge >= 0.3 is 0 Å². The van der Waals surface area contributed by atoms with E-state index in [2.05, 4.69) is 5.32 Å². The zero-order chi connectivity index (χ0) is 10.6. The predicted octanol–water partition coefficient (Wildman–Crippen LogP) is 0.337. The van der Waals surface area contributed by atoms with Gasteiger partial charge in [-0.05, 0) is 18.8 Å². The van der Waals surface area contributed by atoms with Gasteiger partial charge in [0.2, 0.25) is 5.91 Å². The highest BCUT2D eigenvalue weighted by Crippen LogP contribution is 2.15. The van der Waals surface area contributed by atoms with Crippen molar-refractivity contribution in [3.8, 4) is 0 Å². The molecule has 0 saturated carbocycles. The van der Waals surface area contributed by atoms with Crippen molar-refractivity contribution in [1.29, 1.82) is 0 Å². The minimum Gasteiger partial charge on any atom is -0.356 e. The molecule has 14 heavy (non-hydrogen) atoms. The van der Waals surface area contributed by atoms with Crippen molar-refractivity contribution in [2.24, 2.45) is 5.92 Å². The highest BCUT2D eigenvalue weighted by atomic mass is 32.2. The maximum atomic E-state index is 11.5. The second-order valence-electron chi connectivity index (χ2n) is 3.82. The summed E-state index contributed by atoms with van der Waals surface area (Å²) < 4.78 is 22.9. The average Bonchev–Trinajstić information content (AvgIpc) is 2.02. The number of hydrogen-bond acceptors (Lipinski definition) is 3. The fourth-order valence-corrected chi connectivity index (χ4v) is 3.54. The van der Waals surface area contributed by atoms with E-state index in [0.717, 1.165) is 6.42 Å². The van der Waals surface area contributed by atoms with Crippen molar-refractivity contribution < 1.29 is 13.2 Å².